The molecule has 0 saturated carbocycles. The van der Waals surface area contributed by atoms with E-state index in [9.17, 15) is 9.90 Å². The molecule has 1 aromatic heterocycles. The quantitative estimate of drug-likeness (QED) is 0.748. The van der Waals surface area contributed by atoms with Gasteiger partial charge in [-0.1, -0.05) is 0 Å². The summed E-state index contributed by atoms with van der Waals surface area (Å²) in [4.78, 5) is 14.4. The molecule has 4 nitrogen and oxygen atoms in total. The molecule has 0 unspecified atom stereocenters. The Kier molecular flexibility index (Phi) is 2.31. The number of anilines is 1. The minimum atomic E-state index is -0.357. The molecule has 1 aromatic carbocycles. The molecule has 0 atom stereocenters. The van der Waals surface area contributed by atoms with Gasteiger partial charge in [-0.05, 0) is 29.7 Å². The first kappa shape index (κ1) is 10.6. The number of nitrogen functional groups attached to an aromatic ring is 1. The number of thiophene rings is 1. The smallest absolute Gasteiger partial charge is 0.264 e. The fourth-order valence-corrected chi connectivity index (χ4v) is 2.96. The van der Waals surface area contributed by atoms with Gasteiger partial charge in [0.15, 0.2) is 0 Å². The van der Waals surface area contributed by atoms with Gasteiger partial charge in [-0.15, -0.1) is 11.3 Å². The van der Waals surface area contributed by atoms with Gasteiger partial charge in [-0.25, -0.2) is 0 Å². The summed E-state index contributed by atoms with van der Waals surface area (Å²) in [5.41, 5.74) is 6.40. The monoisotopic (exact) mass is 248 g/mol. The van der Waals surface area contributed by atoms with Crippen LogP contribution in [0.15, 0.2) is 24.3 Å². The maximum atomic E-state index is 12.0. The highest BCUT2D eigenvalue weighted by atomic mass is 32.1. The third-order valence-electron chi connectivity index (χ3n) is 2.90. The van der Waals surface area contributed by atoms with E-state index in [1.165, 1.54) is 11.3 Å². The minimum Gasteiger partial charge on any atom is -0.399 e. The lowest BCUT2D eigenvalue weighted by Gasteiger charge is -2.35. The fraction of sp³-hybridized carbons (Fsp3) is 0.250. The van der Waals surface area contributed by atoms with Crippen LogP contribution < -0.4 is 5.73 Å². The van der Waals surface area contributed by atoms with Gasteiger partial charge >= 0.3 is 0 Å². The van der Waals surface area contributed by atoms with Crippen molar-refractivity contribution in [3.8, 4) is 0 Å². The molecule has 1 saturated heterocycles. The Labute approximate surface area is 102 Å². The first-order chi connectivity index (χ1) is 8.13. The van der Waals surface area contributed by atoms with Gasteiger partial charge in [-0.2, -0.15) is 0 Å². The van der Waals surface area contributed by atoms with Gasteiger partial charge in [0, 0.05) is 23.5 Å². The van der Waals surface area contributed by atoms with Crippen molar-refractivity contribution in [1.29, 1.82) is 0 Å². The second kappa shape index (κ2) is 3.72. The lowest BCUT2D eigenvalue weighted by molar-refractivity contribution is 0.00623. The summed E-state index contributed by atoms with van der Waals surface area (Å²) in [6.45, 7) is 0.879. The number of benzene rings is 1. The maximum absolute atomic E-state index is 12.0. The Morgan fingerprint density at radius 1 is 1.41 bits per heavy atom. The van der Waals surface area contributed by atoms with Crippen molar-refractivity contribution in [2.75, 3.05) is 18.8 Å². The number of nitrogens with zero attached hydrogens (tertiary/aromatic N) is 1. The van der Waals surface area contributed by atoms with Crippen molar-refractivity contribution in [2.24, 2.45) is 0 Å². The zero-order valence-electron chi connectivity index (χ0n) is 9.09. The highest BCUT2D eigenvalue weighted by molar-refractivity contribution is 7.20. The topological polar surface area (TPSA) is 66.6 Å². The maximum Gasteiger partial charge on any atom is 0.264 e. The molecular weight excluding hydrogens is 236 g/mol. The second-order valence-corrected chi connectivity index (χ2v) is 5.36. The van der Waals surface area contributed by atoms with E-state index < -0.39 is 0 Å². The molecule has 17 heavy (non-hydrogen) atoms. The zero-order valence-corrected chi connectivity index (χ0v) is 9.91. The number of likely N-dealkylation sites (tertiary alicyclic amines) is 1. The van der Waals surface area contributed by atoms with Gasteiger partial charge in [-0.3, -0.25) is 4.79 Å². The molecule has 3 N–H and O–H groups in total. The molecule has 2 aromatic rings. The van der Waals surface area contributed by atoms with E-state index in [4.69, 9.17) is 5.73 Å². The molecule has 3 rings (SSSR count). The average molecular weight is 248 g/mol. The standard InChI is InChI=1S/C12H12N2O2S/c13-8-1-2-10-7(3-8)4-11(17-10)12(16)14-5-9(15)6-14/h1-4,9,15H,5-6,13H2. The molecule has 2 heterocycles. The molecular formula is C12H12N2O2S. The SMILES string of the molecule is Nc1ccc2sc(C(=O)N3CC(O)C3)cc2c1. The average Bonchev–Trinajstić information content (AvgIpc) is 2.66. The molecule has 1 aliphatic heterocycles. The number of rotatable bonds is 1. The molecule has 5 heteroatoms. The molecule has 88 valence electrons. The van der Waals surface area contributed by atoms with Crippen LogP contribution >= 0.6 is 11.3 Å². The molecule has 0 radical (unpaired) electrons. The fourth-order valence-electron chi connectivity index (χ4n) is 1.94. The van der Waals surface area contributed by atoms with Gasteiger partial charge in [0.25, 0.3) is 5.91 Å². The summed E-state index contributed by atoms with van der Waals surface area (Å²) in [5, 5.41) is 10.2. The minimum absolute atomic E-state index is 0.00456. The third-order valence-corrected chi connectivity index (χ3v) is 4.00. The van der Waals surface area contributed by atoms with Gasteiger partial charge in [0.05, 0.1) is 11.0 Å². The van der Waals surface area contributed by atoms with Crippen molar-refractivity contribution in [2.45, 2.75) is 6.10 Å². The summed E-state index contributed by atoms with van der Waals surface area (Å²) in [7, 11) is 0. The van der Waals surface area contributed by atoms with Crippen molar-refractivity contribution < 1.29 is 9.90 Å². The number of aliphatic hydroxyl groups is 1. The van der Waals surface area contributed by atoms with Crippen LogP contribution in [0, 0.1) is 0 Å². The summed E-state index contributed by atoms with van der Waals surface area (Å²) >= 11 is 1.46. The highest BCUT2D eigenvalue weighted by Gasteiger charge is 2.30. The van der Waals surface area contributed by atoms with Crippen molar-refractivity contribution in [3.05, 3.63) is 29.1 Å². The molecule has 1 aliphatic rings. The summed E-state index contributed by atoms with van der Waals surface area (Å²) < 4.78 is 1.06. The van der Waals surface area contributed by atoms with Crippen LogP contribution in [-0.2, 0) is 0 Å². The Morgan fingerprint density at radius 3 is 2.88 bits per heavy atom. The number of hydrogen-bond acceptors (Lipinski definition) is 4. The number of carbonyl (C=O) groups excluding carboxylic acids is 1. The Hall–Kier alpha value is -1.59. The van der Waals surface area contributed by atoms with Crippen LogP contribution in [0.25, 0.3) is 10.1 Å². The van der Waals surface area contributed by atoms with Crippen LogP contribution in [0.3, 0.4) is 0 Å². The van der Waals surface area contributed by atoms with E-state index in [1.807, 2.05) is 24.3 Å². The van der Waals surface area contributed by atoms with Crippen molar-refractivity contribution in [3.63, 3.8) is 0 Å². The molecule has 1 fully saturated rings. The summed E-state index contributed by atoms with van der Waals surface area (Å²) in [6.07, 6.45) is -0.357. The second-order valence-electron chi connectivity index (χ2n) is 4.27. The number of carbonyl (C=O) groups is 1. The van der Waals surface area contributed by atoms with E-state index in [1.54, 1.807) is 4.90 Å². The number of fused-ring (bicyclic) bond motifs is 1. The molecule has 0 bridgehead atoms. The first-order valence-electron chi connectivity index (χ1n) is 5.40. The third kappa shape index (κ3) is 1.77. The molecule has 0 aliphatic carbocycles. The van der Waals surface area contributed by atoms with E-state index >= 15 is 0 Å². The van der Waals surface area contributed by atoms with Gasteiger partial charge in [0.1, 0.15) is 0 Å². The highest BCUT2D eigenvalue weighted by Crippen LogP contribution is 2.29. The Bertz CT molecular complexity index is 587. The zero-order chi connectivity index (χ0) is 12.0. The van der Waals surface area contributed by atoms with Crippen LogP contribution in [0.2, 0.25) is 0 Å². The van der Waals surface area contributed by atoms with E-state index in [0.29, 0.717) is 23.7 Å². The summed E-state index contributed by atoms with van der Waals surface area (Å²) in [5.74, 6) is -0.00456. The van der Waals surface area contributed by atoms with Crippen molar-refractivity contribution >= 4 is 33.0 Å². The lowest BCUT2D eigenvalue weighted by Crippen LogP contribution is -2.53. The van der Waals surface area contributed by atoms with Crippen LogP contribution in [0.5, 0.6) is 0 Å². The Morgan fingerprint density at radius 2 is 2.18 bits per heavy atom. The van der Waals surface area contributed by atoms with Crippen LogP contribution in [0.4, 0.5) is 5.69 Å². The number of β-amino-alcohol motifs (C(OH)–C–C–N with tert-alkyl or cyclic N) is 1. The van der Waals surface area contributed by atoms with E-state index in [0.717, 1.165) is 10.1 Å². The number of hydrogen-bond donors (Lipinski definition) is 2. The lowest BCUT2D eigenvalue weighted by atomic mass is 10.1. The number of amides is 1. The van der Waals surface area contributed by atoms with Crippen LogP contribution in [0.1, 0.15) is 9.67 Å². The Balaban J connectivity index is 1.93. The first-order valence-corrected chi connectivity index (χ1v) is 6.21. The molecule has 0 spiro atoms. The van der Waals surface area contributed by atoms with Crippen LogP contribution in [-0.4, -0.2) is 35.1 Å². The largest absolute Gasteiger partial charge is 0.399 e. The predicted molar refractivity (Wildman–Crippen MR) is 68.1 cm³/mol. The van der Waals surface area contributed by atoms with E-state index in [2.05, 4.69) is 0 Å². The van der Waals surface area contributed by atoms with E-state index in [-0.39, 0.29) is 12.0 Å². The predicted octanol–water partition coefficient (Wildman–Crippen LogP) is 1.30. The summed E-state index contributed by atoms with van der Waals surface area (Å²) in [6, 6.07) is 7.49. The van der Waals surface area contributed by atoms with Gasteiger partial charge in [0.2, 0.25) is 0 Å². The molecule has 1 amide bonds. The number of nitrogens with two attached hydrogens (primary N) is 1. The van der Waals surface area contributed by atoms with Crippen molar-refractivity contribution in [1.82, 2.24) is 4.90 Å². The van der Waals surface area contributed by atoms with Gasteiger partial charge < -0.3 is 15.7 Å². The number of aliphatic hydroxyl groups excluding tert-OH is 1. The normalized spacial score (nSPS) is 16.2.